The number of H-pyrrole nitrogens is 1. The fourth-order valence-electron chi connectivity index (χ4n) is 3.93. The monoisotopic (exact) mass is 449 g/mol. The maximum absolute atomic E-state index is 12.7. The lowest BCUT2D eigenvalue weighted by Crippen LogP contribution is -2.46. The summed E-state index contributed by atoms with van der Waals surface area (Å²) in [7, 11) is -3.14. The summed E-state index contributed by atoms with van der Waals surface area (Å²) < 4.78 is 28.7. The first-order chi connectivity index (χ1) is 14.7. The molecule has 2 heterocycles. The number of para-hydroxylation sites is 1. The van der Waals surface area contributed by atoms with Gasteiger partial charge in [-0.05, 0) is 25.0 Å². The Morgan fingerprint density at radius 3 is 2.68 bits per heavy atom. The Hall–Kier alpha value is -2.88. The molecule has 1 aliphatic heterocycles. The van der Waals surface area contributed by atoms with Crippen LogP contribution in [0.25, 0.3) is 10.9 Å². The van der Waals surface area contributed by atoms with Gasteiger partial charge < -0.3 is 19.9 Å². The molecule has 2 atom stereocenters. The fourth-order valence-corrected chi connectivity index (χ4v) is 5.67. The summed E-state index contributed by atoms with van der Waals surface area (Å²) in [6.45, 7) is 2.87. The van der Waals surface area contributed by atoms with Crippen LogP contribution in [-0.4, -0.2) is 72.8 Å². The van der Waals surface area contributed by atoms with Crippen molar-refractivity contribution in [1.29, 1.82) is 0 Å². The largest absolute Gasteiger partial charge is 0.454 e. The average Bonchev–Trinajstić information content (AvgIpc) is 3.29. The second-order valence-electron chi connectivity index (χ2n) is 7.66. The molecule has 168 valence electrons. The highest BCUT2D eigenvalue weighted by molar-refractivity contribution is 7.91. The van der Waals surface area contributed by atoms with Crippen LogP contribution in [0.1, 0.15) is 25.8 Å². The third kappa shape index (κ3) is 5.63. The van der Waals surface area contributed by atoms with Crippen LogP contribution in [0, 0.1) is 0 Å². The maximum atomic E-state index is 12.7. The molecule has 2 N–H and O–H groups in total. The number of fused-ring (bicyclic) bond motifs is 1. The Bertz CT molecular complexity index is 1080. The van der Waals surface area contributed by atoms with E-state index in [1.807, 2.05) is 24.3 Å². The van der Waals surface area contributed by atoms with Gasteiger partial charge in [0.1, 0.15) is 6.04 Å². The van der Waals surface area contributed by atoms with Gasteiger partial charge in [-0.2, -0.15) is 0 Å². The highest BCUT2D eigenvalue weighted by atomic mass is 32.2. The minimum Gasteiger partial charge on any atom is -0.454 e. The molecular weight excluding hydrogens is 422 g/mol. The average molecular weight is 450 g/mol. The number of rotatable bonds is 8. The van der Waals surface area contributed by atoms with Gasteiger partial charge in [-0.1, -0.05) is 18.2 Å². The minimum atomic E-state index is -3.14. The van der Waals surface area contributed by atoms with Crippen molar-refractivity contribution in [3.63, 3.8) is 0 Å². The van der Waals surface area contributed by atoms with E-state index in [2.05, 4.69) is 10.3 Å². The molecule has 0 bridgehead atoms. The molecule has 3 rings (SSSR count). The molecule has 0 radical (unpaired) electrons. The molecule has 1 unspecified atom stereocenters. The van der Waals surface area contributed by atoms with E-state index in [-0.39, 0.29) is 23.8 Å². The van der Waals surface area contributed by atoms with E-state index in [0.29, 0.717) is 13.0 Å². The molecule has 9 nitrogen and oxygen atoms in total. The Kier molecular flexibility index (Phi) is 6.99. The van der Waals surface area contributed by atoms with E-state index in [9.17, 15) is 22.8 Å². The molecule has 0 spiro atoms. The van der Waals surface area contributed by atoms with Crippen molar-refractivity contribution >= 4 is 38.5 Å². The summed E-state index contributed by atoms with van der Waals surface area (Å²) >= 11 is 0. The summed E-state index contributed by atoms with van der Waals surface area (Å²) in [5.74, 6) is -1.58. The molecular formula is C21H27N3O6S. The molecule has 1 aliphatic rings. The first kappa shape index (κ1) is 22.8. The quantitative estimate of drug-likeness (QED) is 0.574. The first-order valence-electron chi connectivity index (χ1n) is 10.2. The normalized spacial score (nSPS) is 18.5. The summed E-state index contributed by atoms with van der Waals surface area (Å²) in [6, 6.07) is 6.24. The second-order valence-corrected chi connectivity index (χ2v) is 9.89. The number of nitrogens with one attached hydrogen (secondary N) is 2. The summed E-state index contributed by atoms with van der Waals surface area (Å²) in [6.07, 6.45) is 2.36. The summed E-state index contributed by atoms with van der Waals surface area (Å²) in [5.41, 5.74) is 1.75. The highest BCUT2D eigenvalue weighted by Crippen LogP contribution is 2.20. The first-order valence-corrected chi connectivity index (χ1v) is 12.0. The third-order valence-electron chi connectivity index (χ3n) is 5.41. The van der Waals surface area contributed by atoms with Crippen LogP contribution < -0.4 is 5.32 Å². The van der Waals surface area contributed by atoms with Gasteiger partial charge in [0.25, 0.3) is 5.91 Å². The standard InChI is InChI=1S/C21H27N3O6S/c1-3-24(16-8-9-31(28,29)13-16)20(26)12-30-21(27)19(23-14(2)25)10-15-11-22-18-7-5-4-6-17(15)18/h4-7,11,16,19,22H,3,8-10,12-13H2,1-2H3,(H,23,25)/t16?,19-/m0/s1. The van der Waals surface area contributed by atoms with Crippen molar-refractivity contribution in [2.75, 3.05) is 24.7 Å². The van der Waals surface area contributed by atoms with Gasteiger partial charge in [-0.25, -0.2) is 13.2 Å². The van der Waals surface area contributed by atoms with Crippen LogP contribution in [0.5, 0.6) is 0 Å². The van der Waals surface area contributed by atoms with E-state index in [1.54, 1.807) is 13.1 Å². The maximum Gasteiger partial charge on any atom is 0.329 e. The number of aromatic nitrogens is 1. The van der Waals surface area contributed by atoms with Gasteiger partial charge >= 0.3 is 5.97 Å². The molecule has 10 heteroatoms. The Balaban J connectivity index is 1.65. The molecule has 0 saturated carbocycles. The van der Waals surface area contributed by atoms with Crippen molar-refractivity contribution in [2.24, 2.45) is 0 Å². The predicted molar refractivity (Wildman–Crippen MR) is 115 cm³/mol. The van der Waals surface area contributed by atoms with Crippen LogP contribution in [0.15, 0.2) is 30.5 Å². The second kappa shape index (κ2) is 9.51. The number of likely N-dealkylation sites (N-methyl/N-ethyl adjacent to an activating group) is 1. The van der Waals surface area contributed by atoms with E-state index >= 15 is 0 Å². The third-order valence-corrected chi connectivity index (χ3v) is 7.16. The highest BCUT2D eigenvalue weighted by Gasteiger charge is 2.34. The number of aromatic amines is 1. The van der Waals surface area contributed by atoms with Gasteiger partial charge in [0.2, 0.25) is 5.91 Å². The summed E-state index contributed by atoms with van der Waals surface area (Å²) in [5, 5.41) is 3.52. The molecule has 0 aliphatic carbocycles. The number of benzene rings is 1. The number of amides is 2. The number of hydrogen-bond donors (Lipinski definition) is 2. The Labute approximate surface area is 181 Å². The zero-order valence-corrected chi connectivity index (χ0v) is 18.4. The molecule has 1 fully saturated rings. The zero-order chi connectivity index (χ0) is 22.6. The van der Waals surface area contributed by atoms with E-state index in [1.165, 1.54) is 11.8 Å². The van der Waals surface area contributed by atoms with Gasteiger partial charge in [-0.15, -0.1) is 0 Å². The predicted octanol–water partition coefficient (Wildman–Crippen LogP) is 0.794. The molecule has 2 amide bonds. The van der Waals surface area contributed by atoms with Crippen molar-refractivity contribution in [1.82, 2.24) is 15.2 Å². The molecule has 31 heavy (non-hydrogen) atoms. The number of nitrogens with zero attached hydrogens (tertiary/aromatic N) is 1. The Morgan fingerprint density at radius 2 is 2.03 bits per heavy atom. The number of sulfone groups is 1. The van der Waals surface area contributed by atoms with E-state index in [4.69, 9.17) is 4.74 Å². The molecule has 1 aromatic heterocycles. The topological polar surface area (TPSA) is 126 Å². The van der Waals surface area contributed by atoms with Crippen LogP contribution in [0.4, 0.5) is 0 Å². The van der Waals surface area contributed by atoms with Crippen molar-refractivity contribution < 1.29 is 27.5 Å². The molecule has 1 saturated heterocycles. The van der Waals surface area contributed by atoms with Crippen molar-refractivity contribution in [3.8, 4) is 0 Å². The van der Waals surface area contributed by atoms with Crippen LogP contribution >= 0.6 is 0 Å². The van der Waals surface area contributed by atoms with Crippen LogP contribution in [0.2, 0.25) is 0 Å². The molecule has 1 aromatic carbocycles. The number of ether oxygens (including phenoxy) is 1. The van der Waals surface area contributed by atoms with Gasteiger partial charge in [-0.3, -0.25) is 9.59 Å². The number of carbonyl (C=O) groups is 3. The van der Waals surface area contributed by atoms with Gasteiger partial charge in [0.05, 0.1) is 11.5 Å². The number of esters is 1. The lowest BCUT2D eigenvalue weighted by atomic mass is 10.0. The summed E-state index contributed by atoms with van der Waals surface area (Å²) in [4.78, 5) is 41.4. The SMILES string of the molecule is CCN(C(=O)COC(=O)[C@H](Cc1c[nH]c2ccccc12)NC(C)=O)C1CCS(=O)(=O)C1. The number of carbonyl (C=O) groups excluding carboxylic acids is 3. The van der Waals surface area contributed by atoms with E-state index < -0.39 is 40.4 Å². The van der Waals surface area contributed by atoms with E-state index in [0.717, 1.165) is 16.5 Å². The Morgan fingerprint density at radius 1 is 1.29 bits per heavy atom. The zero-order valence-electron chi connectivity index (χ0n) is 17.6. The molecule has 2 aromatic rings. The fraction of sp³-hybridized carbons (Fsp3) is 0.476. The lowest BCUT2D eigenvalue weighted by molar-refractivity contribution is -0.155. The lowest BCUT2D eigenvalue weighted by Gasteiger charge is -2.27. The van der Waals surface area contributed by atoms with Gasteiger partial charge in [0.15, 0.2) is 16.4 Å². The van der Waals surface area contributed by atoms with Gasteiger partial charge in [0, 0.05) is 43.0 Å². The van der Waals surface area contributed by atoms with Crippen LogP contribution in [0.3, 0.4) is 0 Å². The number of hydrogen-bond acceptors (Lipinski definition) is 6. The minimum absolute atomic E-state index is 0.0520. The van der Waals surface area contributed by atoms with Crippen molar-refractivity contribution in [2.45, 2.75) is 38.8 Å². The van der Waals surface area contributed by atoms with Crippen molar-refractivity contribution in [3.05, 3.63) is 36.0 Å². The van der Waals surface area contributed by atoms with Crippen LogP contribution in [-0.2, 0) is 35.4 Å². The smallest absolute Gasteiger partial charge is 0.329 e.